The van der Waals surface area contributed by atoms with Gasteiger partial charge in [0.15, 0.2) is 0 Å². The van der Waals surface area contributed by atoms with Crippen molar-refractivity contribution in [1.29, 1.82) is 5.26 Å². The van der Waals surface area contributed by atoms with Crippen molar-refractivity contribution in [3.63, 3.8) is 0 Å². The molecule has 0 saturated carbocycles. The van der Waals surface area contributed by atoms with Gasteiger partial charge in [0.1, 0.15) is 0 Å². The van der Waals surface area contributed by atoms with Gasteiger partial charge >= 0.3 is 0 Å². The number of carbonyl (C=O) groups excluding carboxylic acids is 1. The molecule has 0 N–H and O–H groups in total. The summed E-state index contributed by atoms with van der Waals surface area (Å²) in [4.78, 5) is 14.3. The van der Waals surface area contributed by atoms with Gasteiger partial charge in [0, 0.05) is 19.5 Å². The molecule has 0 radical (unpaired) electrons. The standard InChI is InChI=1S/C20H28N2O/c1-2-3-4-5-9-12-19(23)22-15-13-20(17-21,14-16-22)18-10-7-6-8-11-18/h6-8,10-11H,2-5,9,12-16H2,1H3. The van der Waals surface area contributed by atoms with Crippen LogP contribution in [0.4, 0.5) is 0 Å². The van der Waals surface area contributed by atoms with Crippen LogP contribution in [0.5, 0.6) is 0 Å². The molecule has 1 heterocycles. The molecule has 1 amide bonds. The SMILES string of the molecule is CCCCCCCC(=O)N1CCC(C#N)(c2ccccc2)CC1. The number of benzene rings is 1. The van der Waals surface area contributed by atoms with Gasteiger partial charge in [0.05, 0.1) is 11.5 Å². The smallest absolute Gasteiger partial charge is 0.222 e. The van der Waals surface area contributed by atoms with E-state index in [9.17, 15) is 10.1 Å². The van der Waals surface area contributed by atoms with Crippen LogP contribution in [0.3, 0.4) is 0 Å². The van der Waals surface area contributed by atoms with Crippen molar-refractivity contribution in [1.82, 2.24) is 4.90 Å². The number of nitriles is 1. The number of amides is 1. The normalized spacial score (nSPS) is 16.8. The highest BCUT2D eigenvalue weighted by Crippen LogP contribution is 2.35. The predicted molar refractivity (Wildman–Crippen MR) is 92.9 cm³/mol. The Labute approximate surface area is 140 Å². The zero-order valence-corrected chi connectivity index (χ0v) is 14.3. The van der Waals surface area contributed by atoms with Crippen molar-refractivity contribution < 1.29 is 4.79 Å². The number of unbranched alkanes of at least 4 members (excludes halogenated alkanes) is 4. The predicted octanol–water partition coefficient (Wildman–Crippen LogP) is 4.43. The second-order valence-corrected chi connectivity index (χ2v) is 6.60. The monoisotopic (exact) mass is 312 g/mol. The minimum absolute atomic E-state index is 0.265. The van der Waals surface area contributed by atoms with E-state index in [1.807, 2.05) is 35.2 Å². The van der Waals surface area contributed by atoms with E-state index in [1.54, 1.807) is 0 Å². The maximum Gasteiger partial charge on any atom is 0.222 e. The minimum Gasteiger partial charge on any atom is -0.343 e. The van der Waals surface area contributed by atoms with Gasteiger partial charge in [-0.25, -0.2) is 0 Å². The Balaban J connectivity index is 1.83. The molecule has 1 aromatic carbocycles. The van der Waals surface area contributed by atoms with Crippen LogP contribution in [0.25, 0.3) is 0 Å². The summed E-state index contributed by atoms with van der Waals surface area (Å²) in [6.45, 7) is 3.61. The molecule has 1 fully saturated rings. The number of likely N-dealkylation sites (tertiary alicyclic amines) is 1. The quantitative estimate of drug-likeness (QED) is 0.699. The number of rotatable bonds is 7. The zero-order chi connectivity index (χ0) is 16.5. The molecule has 0 bridgehead atoms. The van der Waals surface area contributed by atoms with Gasteiger partial charge in [-0.2, -0.15) is 5.26 Å². The van der Waals surface area contributed by atoms with Crippen molar-refractivity contribution in [2.24, 2.45) is 0 Å². The molecule has 1 aromatic rings. The first-order chi connectivity index (χ1) is 11.2. The van der Waals surface area contributed by atoms with Gasteiger partial charge in [-0.15, -0.1) is 0 Å². The summed E-state index contributed by atoms with van der Waals surface area (Å²) in [6, 6.07) is 12.5. The van der Waals surface area contributed by atoms with Crippen LogP contribution < -0.4 is 0 Å². The third-order valence-corrected chi connectivity index (χ3v) is 5.00. The molecule has 124 valence electrons. The number of piperidine rings is 1. The third kappa shape index (κ3) is 4.58. The molecule has 0 aromatic heterocycles. The lowest BCUT2D eigenvalue weighted by Gasteiger charge is -2.37. The Morgan fingerprint density at radius 2 is 1.78 bits per heavy atom. The molecule has 3 heteroatoms. The summed E-state index contributed by atoms with van der Waals surface area (Å²) in [7, 11) is 0. The maximum absolute atomic E-state index is 12.3. The molecular weight excluding hydrogens is 284 g/mol. The highest BCUT2D eigenvalue weighted by atomic mass is 16.2. The van der Waals surface area contributed by atoms with Crippen LogP contribution in [0.1, 0.15) is 63.9 Å². The van der Waals surface area contributed by atoms with E-state index < -0.39 is 5.41 Å². The first kappa shape index (κ1) is 17.5. The minimum atomic E-state index is -0.417. The van der Waals surface area contributed by atoms with Crippen LogP contribution in [-0.2, 0) is 10.2 Å². The Hall–Kier alpha value is -1.82. The van der Waals surface area contributed by atoms with E-state index in [0.717, 1.165) is 31.2 Å². The van der Waals surface area contributed by atoms with E-state index in [-0.39, 0.29) is 5.91 Å². The molecule has 2 rings (SSSR count). The molecule has 1 aliphatic rings. The van der Waals surface area contributed by atoms with Gasteiger partial charge in [-0.3, -0.25) is 4.79 Å². The maximum atomic E-state index is 12.3. The molecule has 0 spiro atoms. The summed E-state index contributed by atoms with van der Waals surface area (Å²) in [5.74, 6) is 0.265. The van der Waals surface area contributed by atoms with E-state index in [1.165, 1.54) is 19.3 Å². The Morgan fingerprint density at radius 1 is 1.13 bits per heavy atom. The van der Waals surface area contributed by atoms with Gasteiger partial charge < -0.3 is 4.90 Å². The van der Waals surface area contributed by atoms with E-state index >= 15 is 0 Å². The molecular formula is C20H28N2O. The van der Waals surface area contributed by atoms with Gasteiger partial charge in [-0.05, 0) is 24.8 Å². The fourth-order valence-electron chi connectivity index (χ4n) is 3.40. The molecule has 1 saturated heterocycles. The first-order valence-corrected chi connectivity index (χ1v) is 8.96. The third-order valence-electron chi connectivity index (χ3n) is 5.00. The molecule has 1 aliphatic heterocycles. The van der Waals surface area contributed by atoms with Gasteiger partial charge in [0.25, 0.3) is 0 Å². The second kappa shape index (κ2) is 8.72. The molecule has 0 unspecified atom stereocenters. The summed E-state index contributed by atoms with van der Waals surface area (Å²) < 4.78 is 0. The summed E-state index contributed by atoms with van der Waals surface area (Å²) >= 11 is 0. The number of hydrogen-bond acceptors (Lipinski definition) is 2. The second-order valence-electron chi connectivity index (χ2n) is 6.60. The average Bonchev–Trinajstić information content (AvgIpc) is 2.62. The van der Waals surface area contributed by atoms with Crippen LogP contribution in [-0.4, -0.2) is 23.9 Å². The average molecular weight is 312 g/mol. The summed E-state index contributed by atoms with van der Waals surface area (Å²) in [6.07, 6.45) is 8.03. The fourth-order valence-corrected chi connectivity index (χ4v) is 3.40. The van der Waals surface area contributed by atoms with E-state index in [4.69, 9.17) is 0 Å². The Bertz CT molecular complexity index is 524. The van der Waals surface area contributed by atoms with Crippen LogP contribution in [0.2, 0.25) is 0 Å². The van der Waals surface area contributed by atoms with Crippen molar-refractivity contribution >= 4 is 5.91 Å². The Kier molecular flexibility index (Phi) is 6.65. The first-order valence-electron chi connectivity index (χ1n) is 8.96. The zero-order valence-electron chi connectivity index (χ0n) is 14.3. The van der Waals surface area contributed by atoms with Crippen molar-refractivity contribution in [2.75, 3.05) is 13.1 Å². The molecule has 0 aliphatic carbocycles. The summed E-state index contributed by atoms with van der Waals surface area (Å²) in [5.41, 5.74) is 0.674. The topological polar surface area (TPSA) is 44.1 Å². The van der Waals surface area contributed by atoms with Crippen molar-refractivity contribution in [3.05, 3.63) is 35.9 Å². The Morgan fingerprint density at radius 3 is 2.39 bits per heavy atom. The molecule has 3 nitrogen and oxygen atoms in total. The highest BCUT2D eigenvalue weighted by Gasteiger charge is 2.37. The van der Waals surface area contributed by atoms with Crippen LogP contribution >= 0.6 is 0 Å². The van der Waals surface area contributed by atoms with E-state index in [2.05, 4.69) is 13.0 Å². The number of hydrogen-bond donors (Lipinski definition) is 0. The lowest BCUT2D eigenvalue weighted by atomic mass is 9.74. The van der Waals surface area contributed by atoms with Gasteiger partial charge in [-0.1, -0.05) is 62.9 Å². The van der Waals surface area contributed by atoms with E-state index in [0.29, 0.717) is 19.5 Å². The molecule has 0 atom stereocenters. The van der Waals surface area contributed by atoms with Crippen molar-refractivity contribution in [2.45, 2.75) is 63.7 Å². The fraction of sp³-hybridized carbons (Fsp3) is 0.600. The van der Waals surface area contributed by atoms with Crippen LogP contribution in [0, 0.1) is 11.3 Å². The lowest BCUT2D eigenvalue weighted by Crippen LogP contribution is -2.44. The lowest BCUT2D eigenvalue weighted by molar-refractivity contribution is -0.132. The van der Waals surface area contributed by atoms with Gasteiger partial charge in [0.2, 0.25) is 5.91 Å². The number of nitrogens with zero attached hydrogens (tertiary/aromatic N) is 2. The highest BCUT2D eigenvalue weighted by molar-refractivity contribution is 5.76. The largest absolute Gasteiger partial charge is 0.343 e. The number of carbonyl (C=O) groups is 1. The summed E-state index contributed by atoms with van der Waals surface area (Å²) in [5, 5.41) is 9.69. The van der Waals surface area contributed by atoms with Crippen LogP contribution in [0.15, 0.2) is 30.3 Å². The molecule has 23 heavy (non-hydrogen) atoms. The van der Waals surface area contributed by atoms with Crippen molar-refractivity contribution in [3.8, 4) is 6.07 Å².